The summed E-state index contributed by atoms with van der Waals surface area (Å²) in [5.74, 6) is 0. The molecule has 3 nitrogen and oxygen atoms in total. The van der Waals surface area contributed by atoms with Gasteiger partial charge in [0.1, 0.15) is 5.60 Å². The molecule has 0 fully saturated rings. The average Bonchev–Trinajstić information content (AvgIpc) is 2.36. The lowest BCUT2D eigenvalue weighted by molar-refractivity contribution is 0.0536. The molecule has 0 bridgehead atoms. The zero-order valence-corrected chi connectivity index (χ0v) is 11.7. The number of hydrogen-bond acceptors (Lipinski definition) is 2. The molecule has 0 aliphatic rings. The number of benzene rings is 1. The van der Waals surface area contributed by atoms with Crippen LogP contribution in [-0.4, -0.2) is 4.89 Å². The minimum atomic E-state index is -2.93. The molecule has 0 heterocycles. The number of rotatable bonds is 6. The van der Waals surface area contributed by atoms with Crippen LogP contribution in [0.1, 0.15) is 44.7 Å². The second kappa shape index (κ2) is 6.34. The lowest BCUT2D eigenvalue weighted by atomic mass is 9.88. The molecule has 1 atom stereocenters. The molecule has 96 valence electrons. The summed E-state index contributed by atoms with van der Waals surface area (Å²) in [7, 11) is -2.93. The van der Waals surface area contributed by atoms with E-state index in [1.165, 1.54) is 5.56 Å². The summed E-state index contributed by atoms with van der Waals surface area (Å²) in [5.41, 5.74) is 1.61. The van der Waals surface area contributed by atoms with Crippen molar-refractivity contribution in [3.63, 3.8) is 0 Å². The van der Waals surface area contributed by atoms with Crippen molar-refractivity contribution in [1.29, 1.82) is 0 Å². The van der Waals surface area contributed by atoms with Gasteiger partial charge in [-0.3, -0.25) is 9.09 Å². The van der Waals surface area contributed by atoms with Crippen LogP contribution in [0.15, 0.2) is 24.3 Å². The van der Waals surface area contributed by atoms with Crippen LogP contribution in [-0.2, 0) is 21.1 Å². The van der Waals surface area contributed by atoms with Crippen molar-refractivity contribution in [2.24, 2.45) is 0 Å². The topological polar surface area (TPSA) is 46.5 Å². The Morgan fingerprint density at radius 2 is 1.71 bits per heavy atom. The van der Waals surface area contributed by atoms with Gasteiger partial charge in [-0.1, -0.05) is 45.0 Å². The highest BCUT2D eigenvalue weighted by Crippen LogP contribution is 2.40. The van der Waals surface area contributed by atoms with E-state index in [1.54, 1.807) is 0 Å². The van der Waals surface area contributed by atoms with Crippen LogP contribution >= 0.6 is 8.25 Å². The van der Waals surface area contributed by atoms with Crippen LogP contribution < -0.4 is 0 Å². The third-order valence-electron chi connectivity index (χ3n) is 3.31. The van der Waals surface area contributed by atoms with E-state index in [2.05, 4.69) is 6.92 Å². The standard InChI is InChI=1S/C13H21O3P/c1-4-11-7-9-12(10-8-11)13(5-2,6-3)16-17(14)15/h7-10,17H,4-6H2,1-3H3,(H,14,15). The van der Waals surface area contributed by atoms with Gasteiger partial charge in [0.25, 0.3) is 0 Å². The molecule has 0 aliphatic heterocycles. The molecule has 1 rings (SSSR count). The fourth-order valence-electron chi connectivity index (χ4n) is 2.07. The van der Waals surface area contributed by atoms with Gasteiger partial charge in [-0.25, -0.2) is 0 Å². The molecule has 0 aliphatic carbocycles. The lowest BCUT2D eigenvalue weighted by Gasteiger charge is -2.31. The largest absolute Gasteiger partial charge is 0.326 e. The average molecular weight is 256 g/mol. The first kappa shape index (κ1) is 14.4. The van der Waals surface area contributed by atoms with Gasteiger partial charge in [-0.05, 0) is 30.4 Å². The Hall–Kier alpha value is -0.630. The van der Waals surface area contributed by atoms with E-state index in [1.807, 2.05) is 38.1 Å². The van der Waals surface area contributed by atoms with Crippen molar-refractivity contribution >= 4 is 8.25 Å². The van der Waals surface area contributed by atoms with Crippen LogP contribution in [0.2, 0.25) is 0 Å². The van der Waals surface area contributed by atoms with Gasteiger partial charge < -0.3 is 4.89 Å². The Morgan fingerprint density at radius 1 is 1.18 bits per heavy atom. The molecular weight excluding hydrogens is 235 g/mol. The minimum absolute atomic E-state index is 0.628. The molecule has 17 heavy (non-hydrogen) atoms. The normalized spacial score (nSPS) is 13.6. The van der Waals surface area contributed by atoms with Gasteiger partial charge in [0.05, 0.1) is 0 Å². The van der Waals surface area contributed by atoms with Gasteiger partial charge in [-0.15, -0.1) is 0 Å². The van der Waals surface area contributed by atoms with Gasteiger partial charge in [0.15, 0.2) is 0 Å². The lowest BCUT2D eigenvalue weighted by Crippen LogP contribution is -2.25. The molecule has 0 radical (unpaired) electrons. The summed E-state index contributed by atoms with van der Waals surface area (Å²) in [6.07, 6.45) is 2.36. The van der Waals surface area contributed by atoms with Crippen molar-refractivity contribution in [3.8, 4) is 0 Å². The molecule has 1 N–H and O–H groups in total. The van der Waals surface area contributed by atoms with Crippen molar-refractivity contribution in [2.45, 2.75) is 45.6 Å². The van der Waals surface area contributed by atoms with Crippen LogP contribution in [0, 0.1) is 0 Å². The Kier molecular flexibility index (Phi) is 5.38. The predicted octanol–water partition coefficient (Wildman–Crippen LogP) is 3.66. The van der Waals surface area contributed by atoms with Crippen molar-refractivity contribution in [2.75, 3.05) is 0 Å². The predicted molar refractivity (Wildman–Crippen MR) is 70.4 cm³/mol. The van der Waals surface area contributed by atoms with E-state index in [9.17, 15) is 4.57 Å². The maximum absolute atomic E-state index is 11.0. The first-order valence-electron chi connectivity index (χ1n) is 6.09. The van der Waals surface area contributed by atoms with E-state index in [4.69, 9.17) is 9.42 Å². The molecule has 1 unspecified atom stereocenters. The SMILES string of the molecule is CCc1ccc(C(CC)(CC)O[PH](=O)O)cc1. The van der Waals surface area contributed by atoms with Crippen LogP contribution in [0.5, 0.6) is 0 Å². The summed E-state index contributed by atoms with van der Waals surface area (Å²) >= 11 is 0. The van der Waals surface area contributed by atoms with Crippen LogP contribution in [0.25, 0.3) is 0 Å². The van der Waals surface area contributed by atoms with Gasteiger partial charge >= 0.3 is 8.25 Å². The summed E-state index contributed by atoms with van der Waals surface area (Å²) in [6, 6.07) is 8.09. The zero-order valence-electron chi connectivity index (χ0n) is 10.7. The zero-order chi connectivity index (χ0) is 12.9. The fraction of sp³-hybridized carbons (Fsp3) is 0.538. The van der Waals surface area contributed by atoms with E-state index in [-0.39, 0.29) is 0 Å². The second-order valence-electron chi connectivity index (χ2n) is 4.12. The number of hydrogen-bond donors (Lipinski definition) is 1. The van der Waals surface area contributed by atoms with Crippen molar-refractivity contribution < 1.29 is 14.0 Å². The molecule has 4 heteroatoms. The third-order valence-corrected chi connectivity index (χ3v) is 3.88. The maximum atomic E-state index is 11.0. The summed E-state index contributed by atoms with van der Waals surface area (Å²) in [5, 5.41) is 0. The Morgan fingerprint density at radius 3 is 2.06 bits per heavy atom. The van der Waals surface area contributed by atoms with E-state index in [0.717, 1.165) is 12.0 Å². The van der Waals surface area contributed by atoms with Gasteiger partial charge in [-0.2, -0.15) is 0 Å². The van der Waals surface area contributed by atoms with Gasteiger partial charge in [0, 0.05) is 0 Å². The first-order chi connectivity index (χ1) is 8.07. The first-order valence-corrected chi connectivity index (χ1v) is 7.35. The highest BCUT2D eigenvalue weighted by atomic mass is 31.1. The quantitative estimate of drug-likeness (QED) is 0.790. The molecule has 0 amide bonds. The highest BCUT2D eigenvalue weighted by molar-refractivity contribution is 7.32. The van der Waals surface area contributed by atoms with E-state index >= 15 is 0 Å². The summed E-state index contributed by atoms with van der Waals surface area (Å²) in [6.45, 7) is 6.05. The van der Waals surface area contributed by atoms with Crippen LogP contribution in [0.4, 0.5) is 0 Å². The molecule has 1 aromatic carbocycles. The monoisotopic (exact) mass is 256 g/mol. The van der Waals surface area contributed by atoms with E-state index in [0.29, 0.717) is 12.8 Å². The maximum Gasteiger partial charge on any atom is 0.317 e. The molecule has 0 aromatic heterocycles. The molecule has 0 spiro atoms. The Bertz CT molecular complexity index is 369. The minimum Gasteiger partial charge on any atom is -0.326 e. The summed E-state index contributed by atoms with van der Waals surface area (Å²) in [4.78, 5) is 9.04. The molecular formula is C13H21O3P. The fourth-order valence-corrected chi connectivity index (χ4v) is 2.81. The Balaban J connectivity index is 3.07. The second-order valence-corrected chi connectivity index (χ2v) is 4.86. The summed E-state index contributed by atoms with van der Waals surface area (Å²) < 4.78 is 16.3. The van der Waals surface area contributed by atoms with Crippen molar-refractivity contribution in [3.05, 3.63) is 35.4 Å². The van der Waals surface area contributed by atoms with Crippen molar-refractivity contribution in [1.82, 2.24) is 0 Å². The molecule has 0 saturated heterocycles. The molecule has 0 saturated carbocycles. The highest BCUT2D eigenvalue weighted by Gasteiger charge is 2.31. The van der Waals surface area contributed by atoms with Crippen LogP contribution in [0.3, 0.4) is 0 Å². The van der Waals surface area contributed by atoms with Gasteiger partial charge in [0.2, 0.25) is 0 Å². The van der Waals surface area contributed by atoms with E-state index < -0.39 is 13.9 Å². The number of aryl methyl sites for hydroxylation is 1. The smallest absolute Gasteiger partial charge is 0.317 e. The third kappa shape index (κ3) is 3.41. The molecule has 1 aromatic rings. The Labute approximate surface area is 104 Å².